The molecule has 0 aliphatic rings. The first-order valence-corrected chi connectivity index (χ1v) is 5.89. The van der Waals surface area contributed by atoms with Crippen molar-refractivity contribution < 1.29 is 9.90 Å². The summed E-state index contributed by atoms with van der Waals surface area (Å²) in [5.41, 5.74) is -0.851. The Morgan fingerprint density at radius 3 is 2.88 bits per heavy atom. The molecule has 0 fully saturated rings. The van der Waals surface area contributed by atoms with Gasteiger partial charge in [-0.25, -0.2) is 4.98 Å². The molecular formula is C11H20N4O2. The second kappa shape index (κ2) is 6.34. The molecule has 0 bridgehead atoms. The lowest BCUT2D eigenvalue weighted by atomic mass is 9.95. The maximum Gasteiger partial charge on any atom is 0.323 e. The van der Waals surface area contributed by atoms with E-state index in [1.165, 1.54) is 6.33 Å². The van der Waals surface area contributed by atoms with Gasteiger partial charge < -0.3 is 10.4 Å². The van der Waals surface area contributed by atoms with Crippen molar-refractivity contribution in [3.05, 3.63) is 12.7 Å². The minimum Gasteiger partial charge on any atom is -0.480 e. The van der Waals surface area contributed by atoms with Crippen LogP contribution >= 0.6 is 0 Å². The van der Waals surface area contributed by atoms with E-state index in [0.29, 0.717) is 19.5 Å². The summed E-state index contributed by atoms with van der Waals surface area (Å²) in [6.07, 6.45) is 5.36. The van der Waals surface area contributed by atoms with Crippen molar-refractivity contribution in [1.29, 1.82) is 0 Å². The Bertz CT molecular complexity index is 339. The van der Waals surface area contributed by atoms with Gasteiger partial charge in [0, 0.05) is 6.54 Å². The Labute approximate surface area is 101 Å². The first-order chi connectivity index (χ1) is 8.08. The Hall–Kier alpha value is -1.43. The third kappa shape index (κ3) is 4.14. The van der Waals surface area contributed by atoms with Gasteiger partial charge in [-0.1, -0.05) is 6.92 Å². The van der Waals surface area contributed by atoms with Gasteiger partial charge in [0.2, 0.25) is 0 Å². The molecule has 0 saturated carbocycles. The van der Waals surface area contributed by atoms with Crippen LogP contribution in [0, 0.1) is 0 Å². The summed E-state index contributed by atoms with van der Waals surface area (Å²) in [4.78, 5) is 15.1. The van der Waals surface area contributed by atoms with Crippen LogP contribution in [0.5, 0.6) is 0 Å². The van der Waals surface area contributed by atoms with Gasteiger partial charge in [-0.05, 0) is 32.7 Å². The highest BCUT2D eigenvalue weighted by Gasteiger charge is 2.31. The van der Waals surface area contributed by atoms with E-state index in [-0.39, 0.29) is 0 Å². The van der Waals surface area contributed by atoms with Crippen LogP contribution in [-0.2, 0) is 11.3 Å². The molecule has 17 heavy (non-hydrogen) atoms. The molecule has 0 saturated heterocycles. The van der Waals surface area contributed by atoms with Crippen molar-refractivity contribution in [2.24, 2.45) is 0 Å². The molecule has 1 aromatic rings. The number of rotatable bonds is 8. The number of nitrogens with one attached hydrogen (secondary N) is 1. The standard InChI is InChI=1S/C11H20N4O2/c1-3-6-13-11(2,10(16)17)5-4-7-15-9-12-8-14-15/h8-9,13H,3-7H2,1-2H3,(H,16,17). The van der Waals surface area contributed by atoms with Crippen LogP contribution in [-0.4, -0.2) is 37.9 Å². The minimum atomic E-state index is -0.851. The van der Waals surface area contributed by atoms with Gasteiger partial charge in [0.25, 0.3) is 0 Å². The van der Waals surface area contributed by atoms with Crippen molar-refractivity contribution >= 4 is 5.97 Å². The first-order valence-electron chi connectivity index (χ1n) is 5.89. The fourth-order valence-electron chi connectivity index (χ4n) is 1.61. The second-order valence-electron chi connectivity index (χ2n) is 4.33. The van der Waals surface area contributed by atoms with Gasteiger partial charge >= 0.3 is 5.97 Å². The Morgan fingerprint density at radius 2 is 2.35 bits per heavy atom. The van der Waals surface area contributed by atoms with Gasteiger partial charge in [-0.2, -0.15) is 5.10 Å². The van der Waals surface area contributed by atoms with Crippen molar-refractivity contribution in [1.82, 2.24) is 20.1 Å². The highest BCUT2D eigenvalue weighted by molar-refractivity contribution is 5.78. The summed E-state index contributed by atoms with van der Waals surface area (Å²) in [5, 5.41) is 16.3. The van der Waals surface area contributed by atoms with Crippen LogP contribution in [0.4, 0.5) is 0 Å². The molecule has 0 aliphatic carbocycles. The van der Waals surface area contributed by atoms with E-state index in [2.05, 4.69) is 15.4 Å². The van der Waals surface area contributed by atoms with Crippen molar-refractivity contribution in [3.8, 4) is 0 Å². The lowest BCUT2D eigenvalue weighted by Crippen LogP contribution is -2.49. The largest absolute Gasteiger partial charge is 0.480 e. The summed E-state index contributed by atoms with van der Waals surface area (Å²) >= 11 is 0. The van der Waals surface area contributed by atoms with Gasteiger partial charge in [-0.3, -0.25) is 9.48 Å². The van der Waals surface area contributed by atoms with Crippen LogP contribution < -0.4 is 5.32 Å². The van der Waals surface area contributed by atoms with Crippen molar-refractivity contribution in [3.63, 3.8) is 0 Å². The van der Waals surface area contributed by atoms with E-state index in [1.807, 2.05) is 6.92 Å². The fourth-order valence-corrected chi connectivity index (χ4v) is 1.61. The SMILES string of the molecule is CCCNC(C)(CCCn1cncn1)C(=O)O. The molecule has 1 aromatic heterocycles. The van der Waals surface area contributed by atoms with Crippen LogP contribution in [0.3, 0.4) is 0 Å². The number of aliphatic carboxylic acids is 1. The fraction of sp³-hybridized carbons (Fsp3) is 0.727. The predicted octanol–water partition coefficient (Wildman–Crippen LogP) is 0.901. The number of aromatic nitrogens is 3. The number of carboxylic acids is 1. The lowest BCUT2D eigenvalue weighted by Gasteiger charge is -2.26. The Kier molecular flexibility index (Phi) is 5.09. The van der Waals surface area contributed by atoms with Crippen molar-refractivity contribution in [2.75, 3.05) is 6.54 Å². The summed E-state index contributed by atoms with van der Waals surface area (Å²) in [6, 6.07) is 0. The number of hydrogen-bond acceptors (Lipinski definition) is 4. The van der Waals surface area contributed by atoms with E-state index in [4.69, 9.17) is 0 Å². The molecule has 0 spiro atoms. The monoisotopic (exact) mass is 240 g/mol. The molecule has 1 atom stereocenters. The number of carbonyl (C=O) groups is 1. The van der Waals surface area contributed by atoms with Crippen LogP contribution in [0.15, 0.2) is 12.7 Å². The van der Waals surface area contributed by atoms with Gasteiger partial charge in [0.15, 0.2) is 0 Å². The topological polar surface area (TPSA) is 80.0 Å². The second-order valence-corrected chi connectivity index (χ2v) is 4.33. The Balaban J connectivity index is 2.41. The smallest absolute Gasteiger partial charge is 0.323 e. The molecule has 6 heteroatoms. The molecule has 1 unspecified atom stereocenters. The van der Waals surface area contributed by atoms with Gasteiger partial charge in [0.05, 0.1) is 0 Å². The van der Waals surface area contributed by atoms with Crippen molar-refractivity contribution in [2.45, 2.75) is 45.2 Å². The van der Waals surface area contributed by atoms with E-state index in [9.17, 15) is 9.90 Å². The van der Waals surface area contributed by atoms with Crippen LogP contribution in [0.2, 0.25) is 0 Å². The maximum atomic E-state index is 11.2. The number of nitrogens with zero attached hydrogens (tertiary/aromatic N) is 3. The minimum absolute atomic E-state index is 0.572. The third-order valence-electron chi connectivity index (χ3n) is 2.77. The van der Waals surface area contributed by atoms with E-state index in [0.717, 1.165) is 12.8 Å². The zero-order valence-electron chi connectivity index (χ0n) is 10.4. The summed E-state index contributed by atoms with van der Waals surface area (Å²) in [6.45, 7) is 5.15. The molecule has 1 heterocycles. The molecule has 0 amide bonds. The highest BCUT2D eigenvalue weighted by atomic mass is 16.4. The number of aryl methyl sites for hydroxylation is 1. The molecule has 1 rings (SSSR count). The molecular weight excluding hydrogens is 220 g/mol. The number of carboxylic acid groups (broad SMARTS) is 1. The summed E-state index contributed by atoms with van der Waals surface area (Å²) in [7, 11) is 0. The zero-order valence-corrected chi connectivity index (χ0v) is 10.4. The van der Waals surface area contributed by atoms with E-state index < -0.39 is 11.5 Å². The number of hydrogen-bond donors (Lipinski definition) is 2. The summed E-state index contributed by atoms with van der Waals surface area (Å²) < 4.78 is 1.71. The molecule has 2 N–H and O–H groups in total. The average Bonchev–Trinajstić information content (AvgIpc) is 2.79. The average molecular weight is 240 g/mol. The third-order valence-corrected chi connectivity index (χ3v) is 2.77. The predicted molar refractivity (Wildman–Crippen MR) is 63.6 cm³/mol. The quantitative estimate of drug-likeness (QED) is 0.705. The van der Waals surface area contributed by atoms with Crippen LogP contribution in [0.25, 0.3) is 0 Å². The maximum absolute atomic E-state index is 11.2. The summed E-state index contributed by atoms with van der Waals surface area (Å²) in [5.74, 6) is -0.801. The van der Waals surface area contributed by atoms with E-state index in [1.54, 1.807) is 17.9 Å². The molecule has 96 valence electrons. The molecule has 0 radical (unpaired) electrons. The molecule has 0 aliphatic heterocycles. The molecule has 6 nitrogen and oxygen atoms in total. The Morgan fingerprint density at radius 1 is 1.59 bits per heavy atom. The van der Waals surface area contributed by atoms with Gasteiger partial charge in [0.1, 0.15) is 18.2 Å². The zero-order chi connectivity index (χ0) is 12.7. The lowest BCUT2D eigenvalue weighted by molar-refractivity contribution is -0.144. The first kappa shape index (κ1) is 13.6. The van der Waals surface area contributed by atoms with E-state index >= 15 is 0 Å². The highest BCUT2D eigenvalue weighted by Crippen LogP contribution is 2.13. The van der Waals surface area contributed by atoms with Crippen LogP contribution in [0.1, 0.15) is 33.1 Å². The van der Waals surface area contributed by atoms with Gasteiger partial charge in [-0.15, -0.1) is 0 Å². The normalized spacial score (nSPS) is 14.5. The molecule has 0 aromatic carbocycles.